The number of esters is 1. The number of thiophene rings is 1. The van der Waals surface area contributed by atoms with Gasteiger partial charge in [-0.05, 0) is 34.5 Å². The van der Waals surface area contributed by atoms with Crippen LogP contribution < -0.4 is 0 Å². The van der Waals surface area contributed by atoms with E-state index in [0.29, 0.717) is 6.42 Å². The summed E-state index contributed by atoms with van der Waals surface area (Å²) in [5, 5.41) is 0. The van der Waals surface area contributed by atoms with Crippen molar-refractivity contribution in [1.82, 2.24) is 4.31 Å². The van der Waals surface area contributed by atoms with Crippen LogP contribution in [0.4, 0.5) is 0 Å². The highest BCUT2D eigenvalue weighted by molar-refractivity contribution is 9.11. The molecule has 0 spiro atoms. The molecular weight excluding hydrogens is 342 g/mol. The summed E-state index contributed by atoms with van der Waals surface area (Å²) in [6, 6.07) is 3.18. The van der Waals surface area contributed by atoms with E-state index in [4.69, 9.17) is 0 Å². The van der Waals surface area contributed by atoms with E-state index in [1.54, 1.807) is 6.07 Å². The highest BCUT2D eigenvalue weighted by Gasteiger charge is 2.27. The van der Waals surface area contributed by atoms with Crippen LogP contribution in [0.3, 0.4) is 0 Å². The fourth-order valence-electron chi connectivity index (χ4n) is 1.31. The zero-order chi connectivity index (χ0) is 13.8. The van der Waals surface area contributed by atoms with Gasteiger partial charge in [0.2, 0.25) is 0 Å². The Hall–Kier alpha value is -0.440. The van der Waals surface area contributed by atoms with Crippen molar-refractivity contribution in [3.8, 4) is 0 Å². The first-order valence-corrected chi connectivity index (χ1v) is 8.29. The molecule has 1 aromatic heterocycles. The molecule has 18 heavy (non-hydrogen) atoms. The first kappa shape index (κ1) is 15.6. The van der Waals surface area contributed by atoms with Crippen LogP contribution >= 0.6 is 27.3 Å². The molecule has 0 N–H and O–H groups in total. The Morgan fingerprint density at radius 2 is 2.17 bits per heavy atom. The minimum Gasteiger partial charge on any atom is -0.468 e. The molecule has 0 fully saturated rings. The smallest absolute Gasteiger partial charge is 0.321 e. The fourth-order valence-corrected chi connectivity index (χ4v) is 4.95. The van der Waals surface area contributed by atoms with Gasteiger partial charge in [0.05, 0.1) is 10.9 Å². The summed E-state index contributed by atoms with van der Waals surface area (Å²) in [7, 11) is -2.39. The monoisotopic (exact) mass is 355 g/mol. The minimum absolute atomic E-state index is 0.215. The number of carbonyl (C=O) groups is 1. The van der Waals surface area contributed by atoms with E-state index in [0.717, 1.165) is 19.4 Å². The molecule has 5 nitrogen and oxygen atoms in total. The van der Waals surface area contributed by atoms with Crippen LogP contribution in [-0.4, -0.2) is 38.9 Å². The lowest BCUT2D eigenvalue weighted by Crippen LogP contribution is -2.36. The largest absolute Gasteiger partial charge is 0.468 e. The summed E-state index contributed by atoms with van der Waals surface area (Å²) >= 11 is 4.34. The van der Waals surface area contributed by atoms with Gasteiger partial charge in [0.1, 0.15) is 10.8 Å². The van der Waals surface area contributed by atoms with E-state index in [-0.39, 0.29) is 17.3 Å². The predicted octanol–water partition coefficient (Wildman–Crippen LogP) is 2.08. The number of sulfonamides is 1. The average Bonchev–Trinajstić information content (AvgIpc) is 2.75. The molecule has 1 rings (SSSR count). The third-order valence-corrected chi connectivity index (χ3v) is 6.09. The van der Waals surface area contributed by atoms with Gasteiger partial charge < -0.3 is 4.74 Å². The molecule has 0 amide bonds. The topological polar surface area (TPSA) is 63.7 Å². The molecule has 1 heterocycles. The van der Waals surface area contributed by atoms with Crippen molar-refractivity contribution in [2.75, 3.05) is 20.2 Å². The van der Waals surface area contributed by atoms with Crippen molar-refractivity contribution in [3.63, 3.8) is 0 Å². The molecular formula is C10H14BrNO4S2. The van der Waals surface area contributed by atoms with Gasteiger partial charge in [-0.1, -0.05) is 6.92 Å². The molecule has 0 aromatic carbocycles. The Bertz CT molecular complexity index is 512. The van der Waals surface area contributed by atoms with Gasteiger partial charge >= 0.3 is 5.97 Å². The Morgan fingerprint density at radius 3 is 2.61 bits per heavy atom. The molecule has 0 saturated carbocycles. The Balaban J connectivity index is 3.00. The first-order valence-electron chi connectivity index (χ1n) is 5.24. The fraction of sp³-hybridized carbons (Fsp3) is 0.500. The SMILES string of the molecule is CCCN(CC(=O)OC)S(=O)(=O)c1ccc(Br)s1. The standard InChI is InChI=1S/C10H14BrNO4S2/c1-3-6-12(7-9(13)16-2)18(14,15)10-5-4-8(11)17-10/h4-5H,3,6-7H2,1-2H3. The minimum atomic E-state index is -3.63. The lowest BCUT2D eigenvalue weighted by atomic mass is 10.5. The van der Waals surface area contributed by atoms with Crippen molar-refractivity contribution in [2.45, 2.75) is 17.6 Å². The van der Waals surface area contributed by atoms with Crippen LogP contribution in [0.15, 0.2) is 20.1 Å². The van der Waals surface area contributed by atoms with Gasteiger partial charge in [-0.15, -0.1) is 11.3 Å². The van der Waals surface area contributed by atoms with Crippen molar-refractivity contribution in [3.05, 3.63) is 15.9 Å². The maximum absolute atomic E-state index is 12.3. The number of hydrogen-bond donors (Lipinski definition) is 0. The van der Waals surface area contributed by atoms with Gasteiger partial charge in [0.15, 0.2) is 0 Å². The number of ether oxygens (including phenoxy) is 1. The summed E-state index contributed by atoms with van der Waals surface area (Å²) < 4.78 is 31.2. The molecule has 0 atom stereocenters. The summed E-state index contributed by atoms with van der Waals surface area (Å²) in [5.41, 5.74) is 0. The molecule has 0 aliphatic rings. The van der Waals surface area contributed by atoms with E-state index in [9.17, 15) is 13.2 Å². The summed E-state index contributed by atoms with van der Waals surface area (Å²) in [4.78, 5) is 11.2. The average molecular weight is 356 g/mol. The molecule has 1 aromatic rings. The van der Waals surface area contributed by atoms with Gasteiger partial charge in [0.25, 0.3) is 10.0 Å². The molecule has 8 heteroatoms. The molecule has 0 saturated heterocycles. The third kappa shape index (κ3) is 3.78. The van der Waals surface area contributed by atoms with Crippen LogP contribution in [0.25, 0.3) is 0 Å². The van der Waals surface area contributed by atoms with Gasteiger partial charge in [0, 0.05) is 6.54 Å². The van der Waals surface area contributed by atoms with Gasteiger partial charge in [-0.3, -0.25) is 4.79 Å². The van der Waals surface area contributed by atoms with Crippen LogP contribution in [-0.2, 0) is 19.6 Å². The zero-order valence-corrected chi connectivity index (χ0v) is 13.3. The van der Waals surface area contributed by atoms with E-state index >= 15 is 0 Å². The highest BCUT2D eigenvalue weighted by Crippen LogP contribution is 2.28. The molecule has 0 aliphatic heterocycles. The van der Waals surface area contributed by atoms with E-state index < -0.39 is 16.0 Å². The first-order chi connectivity index (χ1) is 8.41. The number of rotatable bonds is 6. The van der Waals surface area contributed by atoms with Crippen molar-refractivity contribution < 1.29 is 17.9 Å². The maximum atomic E-state index is 12.3. The third-order valence-electron chi connectivity index (χ3n) is 2.15. The molecule has 0 bridgehead atoms. The van der Waals surface area contributed by atoms with Crippen LogP contribution in [0.2, 0.25) is 0 Å². The zero-order valence-electron chi connectivity index (χ0n) is 10.1. The number of carbonyl (C=O) groups excluding carboxylic acids is 1. The van der Waals surface area contributed by atoms with Crippen molar-refractivity contribution >= 4 is 43.3 Å². The van der Waals surface area contributed by atoms with E-state index in [1.165, 1.54) is 13.2 Å². The molecule has 0 aliphatic carbocycles. The summed E-state index contributed by atoms with van der Waals surface area (Å²) in [5.74, 6) is -0.567. The number of halogens is 1. The second kappa shape index (κ2) is 6.65. The second-order valence-corrected chi connectivity index (χ2v) is 8.10. The Kier molecular flexibility index (Phi) is 5.77. The van der Waals surface area contributed by atoms with Crippen molar-refractivity contribution in [1.29, 1.82) is 0 Å². The maximum Gasteiger partial charge on any atom is 0.321 e. The Morgan fingerprint density at radius 1 is 1.50 bits per heavy atom. The normalized spacial score (nSPS) is 11.8. The summed E-state index contributed by atoms with van der Waals surface area (Å²) in [6.07, 6.45) is 0.628. The highest BCUT2D eigenvalue weighted by atomic mass is 79.9. The van der Waals surface area contributed by atoms with Gasteiger partial charge in [-0.2, -0.15) is 4.31 Å². The molecule has 102 valence electrons. The van der Waals surface area contributed by atoms with Crippen LogP contribution in [0, 0.1) is 0 Å². The Labute approximate surface area is 119 Å². The summed E-state index contributed by atoms with van der Waals surface area (Å²) in [6.45, 7) is 1.87. The van der Waals surface area contributed by atoms with E-state index in [2.05, 4.69) is 20.7 Å². The molecule has 0 unspecified atom stereocenters. The predicted molar refractivity (Wildman–Crippen MR) is 73.1 cm³/mol. The van der Waals surface area contributed by atoms with Crippen LogP contribution in [0.1, 0.15) is 13.3 Å². The quantitative estimate of drug-likeness (QED) is 0.732. The second-order valence-electron chi connectivity index (χ2n) is 3.47. The van der Waals surface area contributed by atoms with Gasteiger partial charge in [-0.25, -0.2) is 8.42 Å². The lowest BCUT2D eigenvalue weighted by molar-refractivity contribution is -0.140. The number of nitrogens with zero attached hydrogens (tertiary/aromatic N) is 1. The lowest BCUT2D eigenvalue weighted by Gasteiger charge is -2.19. The number of hydrogen-bond acceptors (Lipinski definition) is 5. The van der Waals surface area contributed by atoms with E-state index in [1.807, 2.05) is 6.92 Å². The molecule has 0 radical (unpaired) electrons. The van der Waals surface area contributed by atoms with Crippen LogP contribution in [0.5, 0.6) is 0 Å². The number of methoxy groups -OCH3 is 1. The van der Waals surface area contributed by atoms with Crippen molar-refractivity contribution in [2.24, 2.45) is 0 Å².